The molecule has 0 fully saturated rings. The van der Waals surface area contributed by atoms with Crippen molar-refractivity contribution in [3.05, 3.63) is 0 Å². The van der Waals surface area contributed by atoms with Crippen LogP contribution in [0, 0.1) is 5.92 Å². The molecule has 0 saturated heterocycles. The third-order valence-corrected chi connectivity index (χ3v) is 6.42. The molecule has 0 saturated carbocycles. The molecule has 0 radical (unpaired) electrons. The summed E-state index contributed by atoms with van der Waals surface area (Å²) in [6, 6.07) is 0. The molecule has 0 heterocycles. The fourth-order valence-corrected chi connectivity index (χ4v) is 4.36. The zero-order valence-electron chi connectivity index (χ0n) is 21.0. The van der Waals surface area contributed by atoms with Crippen LogP contribution in [0.15, 0.2) is 0 Å². The van der Waals surface area contributed by atoms with Gasteiger partial charge in [0.05, 0.1) is 0 Å². The first-order valence-corrected chi connectivity index (χ1v) is 13.3. The molecule has 29 heavy (non-hydrogen) atoms. The standard InChI is InChI=1S/C27H57N.ClH/c1-5-7-9-11-13-15-16-18-20-22-24-27(25-26-28(3)4)23-21-19-17-14-12-10-8-6-2;/h27H,5-26H2,1-4H3;1H. The first-order valence-electron chi connectivity index (χ1n) is 13.3. The molecule has 0 aliphatic rings. The molecule has 0 aliphatic heterocycles. The molecule has 0 spiro atoms. The zero-order valence-corrected chi connectivity index (χ0v) is 21.8. The van der Waals surface area contributed by atoms with Crippen molar-refractivity contribution in [1.29, 1.82) is 0 Å². The third-order valence-electron chi connectivity index (χ3n) is 6.42. The second-order valence-electron chi connectivity index (χ2n) is 9.69. The van der Waals surface area contributed by atoms with Gasteiger partial charge in [0.15, 0.2) is 0 Å². The lowest BCUT2D eigenvalue weighted by molar-refractivity contribution is 0.314. The molecule has 0 aromatic rings. The van der Waals surface area contributed by atoms with E-state index < -0.39 is 0 Å². The normalized spacial score (nSPS) is 12.3. The monoisotopic (exact) mass is 431 g/mol. The number of rotatable bonds is 23. The van der Waals surface area contributed by atoms with Gasteiger partial charge < -0.3 is 4.90 Å². The summed E-state index contributed by atoms with van der Waals surface area (Å²) in [5.74, 6) is 0.983. The summed E-state index contributed by atoms with van der Waals surface area (Å²) in [6.45, 7) is 5.89. The Balaban J connectivity index is 0. The van der Waals surface area contributed by atoms with Crippen molar-refractivity contribution in [2.45, 2.75) is 149 Å². The van der Waals surface area contributed by atoms with Gasteiger partial charge in [-0.15, -0.1) is 12.4 Å². The van der Waals surface area contributed by atoms with E-state index in [1.165, 1.54) is 141 Å². The Kier molecular flexibility index (Phi) is 28.5. The van der Waals surface area contributed by atoms with Gasteiger partial charge >= 0.3 is 0 Å². The Hall–Kier alpha value is 0.250. The van der Waals surface area contributed by atoms with E-state index in [2.05, 4.69) is 32.8 Å². The second-order valence-corrected chi connectivity index (χ2v) is 9.69. The van der Waals surface area contributed by atoms with Crippen molar-refractivity contribution in [1.82, 2.24) is 4.90 Å². The molecule has 1 nitrogen and oxygen atoms in total. The first-order chi connectivity index (χ1) is 13.7. The average Bonchev–Trinajstić information content (AvgIpc) is 2.68. The molecule has 178 valence electrons. The van der Waals surface area contributed by atoms with Gasteiger partial charge in [-0.1, -0.05) is 142 Å². The zero-order chi connectivity index (χ0) is 20.7. The molecule has 0 aliphatic carbocycles. The van der Waals surface area contributed by atoms with Crippen LogP contribution in [0.4, 0.5) is 0 Å². The number of unbranched alkanes of at least 4 members (excludes halogenated alkanes) is 16. The van der Waals surface area contributed by atoms with E-state index in [1.807, 2.05) is 0 Å². The molecule has 0 aromatic heterocycles. The minimum atomic E-state index is 0. The van der Waals surface area contributed by atoms with Gasteiger partial charge in [0.25, 0.3) is 0 Å². The van der Waals surface area contributed by atoms with E-state index in [9.17, 15) is 0 Å². The van der Waals surface area contributed by atoms with Crippen LogP contribution in [0.3, 0.4) is 0 Å². The SMILES string of the molecule is CCCCCCCCCCCCC(CCCCCCCCCC)CCN(C)C.Cl. The highest BCUT2D eigenvalue weighted by Crippen LogP contribution is 2.22. The van der Waals surface area contributed by atoms with E-state index in [0.717, 1.165) is 5.92 Å². The molecule has 0 N–H and O–H groups in total. The topological polar surface area (TPSA) is 3.24 Å². The Morgan fingerprint density at radius 2 is 0.759 bits per heavy atom. The fourth-order valence-electron chi connectivity index (χ4n) is 4.36. The van der Waals surface area contributed by atoms with Gasteiger partial charge in [0, 0.05) is 0 Å². The van der Waals surface area contributed by atoms with Crippen molar-refractivity contribution in [3.8, 4) is 0 Å². The summed E-state index contributed by atoms with van der Waals surface area (Å²) < 4.78 is 0. The minimum absolute atomic E-state index is 0. The lowest BCUT2D eigenvalue weighted by atomic mass is 9.91. The van der Waals surface area contributed by atoms with Gasteiger partial charge in [-0.3, -0.25) is 0 Å². The van der Waals surface area contributed by atoms with Gasteiger partial charge in [-0.2, -0.15) is 0 Å². The Morgan fingerprint density at radius 1 is 0.448 bits per heavy atom. The Morgan fingerprint density at radius 3 is 1.07 bits per heavy atom. The molecule has 2 heteroatoms. The van der Waals surface area contributed by atoms with Gasteiger partial charge in [0.2, 0.25) is 0 Å². The van der Waals surface area contributed by atoms with E-state index in [4.69, 9.17) is 0 Å². The number of nitrogens with zero attached hydrogens (tertiary/aromatic N) is 1. The molecule has 1 unspecified atom stereocenters. The molecular formula is C27H58ClN. The Labute approximate surface area is 192 Å². The highest BCUT2D eigenvalue weighted by Gasteiger charge is 2.09. The van der Waals surface area contributed by atoms with Crippen molar-refractivity contribution in [2.75, 3.05) is 20.6 Å². The third kappa shape index (κ3) is 26.2. The van der Waals surface area contributed by atoms with E-state index >= 15 is 0 Å². The number of hydrogen-bond acceptors (Lipinski definition) is 1. The van der Waals surface area contributed by atoms with Crippen LogP contribution < -0.4 is 0 Å². The molecule has 0 aromatic carbocycles. The molecule has 0 bridgehead atoms. The van der Waals surface area contributed by atoms with E-state index in [-0.39, 0.29) is 12.4 Å². The summed E-state index contributed by atoms with van der Waals surface area (Å²) in [6.07, 6.45) is 30.6. The van der Waals surface area contributed by atoms with E-state index in [0.29, 0.717) is 0 Å². The lowest BCUT2D eigenvalue weighted by Crippen LogP contribution is -2.17. The fraction of sp³-hybridized carbons (Fsp3) is 1.00. The first kappa shape index (κ1) is 31.4. The van der Waals surface area contributed by atoms with Crippen molar-refractivity contribution in [2.24, 2.45) is 5.92 Å². The summed E-state index contributed by atoms with van der Waals surface area (Å²) in [7, 11) is 4.46. The van der Waals surface area contributed by atoms with Crippen LogP contribution in [-0.2, 0) is 0 Å². The van der Waals surface area contributed by atoms with Gasteiger partial charge in [0.1, 0.15) is 0 Å². The predicted octanol–water partition coefficient (Wildman–Crippen LogP) is 9.82. The quantitative estimate of drug-likeness (QED) is 0.145. The van der Waals surface area contributed by atoms with Crippen molar-refractivity contribution < 1.29 is 0 Å². The molecule has 0 rings (SSSR count). The van der Waals surface area contributed by atoms with Gasteiger partial charge in [-0.05, 0) is 33.0 Å². The summed E-state index contributed by atoms with van der Waals surface area (Å²) in [5, 5.41) is 0. The maximum Gasteiger partial charge on any atom is -0.00222 e. The molecular weight excluding hydrogens is 374 g/mol. The Bertz CT molecular complexity index is 280. The minimum Gasteiger partial charge on any atom is -0.309 e. The van der Waals surface area contributed by atoms with Crippen LogP contribution >= 0.6 is 12.4 Å². The van der Waals surface area contributed by atoms with Crippen LogP contribution in [0.25, 0.3) is 0 Å². The van der Waals surface area contributed by atoms with Crippen molar-refractivity contribution >= 4 is 12.4 Å². The van der Waals surface area contributed by atoms with Crippen LogP contribution in [-0.4, -0.2) is 25.5 Å². The summed E-state index contributed by atoms with van der Waals surface area (Å²) in [5.41, 5.74) is 0. The van der Waals surface area contributed by atoms with E-state index in [1.54, 1.807) is 0 Å². The molecule has 0 amide bonds. The summed E-state index contributed by atoms with van der Waals surface area (Å²) in [4.78, 5) is 2.37. The predicted molar refractivity (Wildman–Crippen MR) is 138 cm³/mol. The van der Waals surface area contributed by atoms with Gasteiger partial charge in [-0.25, -0.2) is 0 Å². The van der Waals surface area contributed by atoms with Crippen molar-refractivity contribution in [3.63, 3.8) is 0 Å². The second kappa shape index (κ2) is 26.3. The highest BCUT2D eigenvalue weighted by molar-refractivity contribution is 5.85. The maximum atomic E-state index is 2.37. The largest absolute Gasteiger partial charge is 0.309 e. The highest BCUT2D eigenvalue weighted by atomic mass is 35.5. The maximum absolute atomic E-state index is 2.37. The number of hydrogen-bond donors (Lipinski definition) is 0. The van der Waals surface area contributed by atoms with Crippen LogP contribution in [0.2, 0.25) is 0 Å². The average molecular weight is 432 g/mol. The molecule has 1 atom stereocenters. The summed E-state index contributed by atoms with van der Waals surface area (Å²) >= 11 is 0. The van der Waals surface area contributed by atoms with Crippen LogP contribution in [0.5, 0.6) is 0 Å². The van der Waals surface area contributed by atoms with Crippen LogP contribution in [0.1, 0.15) is 149 Å². The smallest absolute Gasteiger partial charge is 0.00222 e. The lowest BCUT2D eigenvalue weighted by Gasteiger charge is -2.19. The number of halogens is 1.